The number of benzene rings is 2. The Labute approximate surface area is 169 Å². The first-order valence-corrected chi connectivity index (χ1v) is 9.73. The largest absolute Gasteiger partial charge is 0.493 e. The number of nitrogens with one attached hydrogen (secondary N) is 1. The molecule has 1 aliphatic rings. The molecule has 0 unspecified atom stereocenters. The molecule has 0 aliphatic carbocycles. The summed E-state index contributed by atoms with van der Waals surface area (Å²) in [5.74, 6) is 0.976. The first-order valence-electron chi connectivity index (χ1n) is 9.20. The van der Waals surface area contributed by atoms with E-state index in [2.05, 4.69) is 5.32 Å². The van der Waals surface area contributed by atoms with E-state index in [1.54, 1.807) is 23.1 Å². The maximum atomic E-state index is 12.3. The smallest absolute Gasteiger partial charge is 0.265 e. The van der Waals surface area contributed by atoms with Crippen LogP contribution in [0.15, 0.2) is 42.5 Å². The highest BCUT2D eigenvalue weighted by atomic mass is 35.5. The van der Waals surface area contributed by atoms with Crippen LogP contribution in [-0.4, -0.2) is 37.5 Å². The van der Waals surface area contributed by atoms with Gasteiger partial charge in [-0.2, -0.15) is 0 Å². The number of hydrogen-bond acceptors (Lipinski definition) is 4. The van der Waals surface area contributed by atoms with Gasteiger partial charge in [0.15, 0.2) is 6.61 Å². The molecule has 7 heteroatoms. The number of fused-ring (bicyclic) bond motifs is 1. The average molecular weight is 403 g/mol. The van der Waals surface area contributed by atoms with Crippen molar-refractivity contribution in [1.29, 1.82) is 0 Å². The number of carbonyl (C=O) groups is 2. The van der Waals surface area contributed by atoms with Crippen molar-refractivity contribution in [2.75, 3.05) is 35.9 Å². The van der Waals surface area contributed by atoms with E-state index in [0.717, 1.165) is 24.2 Å². The number of unbranched alkanes of at least 4 members (excludes halogenated alkanes) is 1. The van der Waals surface area contributed by atoms with Gasteiger partial charge in [0.2, 0.25) is 5.91 Å². The molecule has 1 N–H and O–H groups in total. The highest BCUT2D eigenvalue weighted by Crippen LogP contribution is 2.34. The molecular weight excluding hydrogens is 380 g/mol. The minimum Gasteiger partial charge on any atom is -0.493 e. The van der Waals surface area contributed by atoms with E-state index in [-0.39, 0.29) is 24.3 Å². The third-order valence-corrected chi connectivity index (χ3v) is 4.68. The van der Waals surface area contributed by atoms with E-state index in [1.807, 2.05) is 31.2 Å². The number of carbonyl (C=O) groups excluding carboxylic acids is 2. The van der Waals surface area contributed by atoms with Gasteiger partial charge in [0.1, 0.15) is 17.4 Å². The normalized spacial score (nSPS) is 12.9. The molecule has 2 amide bonds. The van der Waals surface area contributed by atoms with E-state index in [4.69, 9.17) is 21.1 Å². The fourth-order valence-electron chi connectivity index (χ4n) is 2.99. The van der Waals surface area contributed by atoms with Gasteiger partial charge in [-0.05, 0) is 49.6 Å². The lowest BCUT2D eigenvalue weighted by Gasteiger charge is -2.30. The lowest BCUT2D eigenvalue weighted by atomic mass is 10.2. The van der Waals surface area contributed by atoms with Gasteiger partial charge < -0.3 is 19.7 Å². The van der Waals surface area contributed by atoms with Crippen molar-refractivity contribution >= 4 is 34.8 Å². The minimum atomic E-state index is -0.301. The van der Waals surface area contributed by atoms with Crippen LogP contribution in [0.4, 0.5) is 11.4 Å². The molecular formula is C21H23ClN2O4. The molecule has 1 heterocycles. The van der Waals surface area contributed by atoms with Crippen molar-refractivity contribution < 1.29 is 19.1 Å². The second-order valence-electron chi connectivity index (χ2n) is 6.52. The third kappa shape index (κ3) is 4.95. The van der Waals surface area contributed by atoms with Gasteiger partial charge in [-0.15, -0.1) is 11.6 Å². The summed E-state index contributed by atoms with van der Waals surface area (Å²) in [6.45, 7) is 3.17. The highest BCUT2D eigenvalue weighted by molar-refractivity contribution is 6.29. The van der Waals surface area contributed by atoms with Crippen LogP contribution in [0.5, 0.6) is 11.5 Å². The van der Waals surface area contributed by atoms with Gasteiger partial charge in [0, 0.05) is 12.2 Å². The zero-order valence-corrected chi connectivity index (χ0v) is 16.5. The molecule has 0 bridgehead atoms. The number of aryl methyl sites for hydroxylation is 1. The fourth-order valence-corrected chi connectivity index (χ4v) is 3.06. The molecule has 0 saturated heterocycles. The Morgan fingerprint density at radius 3 is 2.86 bits per heavy atom. The van der Waals surface area contributed by atoms with Crippen molar-refractivity contribution in [2.45, 2.75) is 19.8 Å². The third-order valence-electron chi connectivity index (χ3n) is 4.43. The predicted octanol–water partition coefficient (Wildman–Crippen LogP) is 3.76. The topological polar surface area (TPSA) is 67.9 Å². The second-order valence-corrected chi connectivity index (χ2v) is 6.79. The number of rotatable bonds is 8. The monoisotopic (exact) mass is 402 g/mol. The Morgan fingerprint density at radius 2 is 2.07 bits per heavy atom. The lowest BCUT2D eigenvalue weighted by Crippen LogP contribution is -2.39. The number of para-hydroxylation sites is 1. The molecule has 0 fully saturated rings. The van der Waals surface area contributed by atoms with Crippen molar-refractivity contribution in [3.63, 3.8) is 0 Å². The van der Waals surface area contributed by atoms with Crippen LogP contribution in [0, 0.1) is 6.92 Å². The predicted molar refractivity (Wildman–Crippen MR) is 110 cm³/mol. The van der Waals surface area contributed by atoms with Crippen LogP contribution in [0.1, 0.15) is 18.4 Å². The first kappa shape index (κ1) is 20.0. The van der Waals surface area contributed by atoms with E-state index >= 15 is 0 Å². The van der Waals surface area contributed by atoms with Crippen molar-refractivity contribution in [3.05, 3.63) is 48.0 Å². The summed E-state index contributed by atoms with van der Waals surface area (Å²) in [6.07, 6.45) is 1.60. The Kier molecular flexibility index (Phi) is 6.76. The van der Waals surface area contributed by atoms with Crippen LogP contribution < -0.4 is 19.7 Å². The Hall–Kier alpha value is -2.73. The van der Waals surface area contributed by atoms with Crippen LogP contribution in [0.25, 0.3) is 0 Å². The minimum absolute atomic E-state index is 0.0140. The summed E-state index contributed by atoms with van der Waals surface area (Å²) in [5, 5.41) is 2.69. The van der Waals surface area contributed by atoms with Gasteiger partial charge >= 0.3 is 0 Å². The summed E-state index contributed by atoms with van der Waals surface area (Å²) in [7, 11) is 0. The summed E-state index contributed by atoms with van der Waals surface area (Å²) in [6, 6.07) is 13.1. The van der Waals surface area contributed by atoms with Crippen LogP contribution in [0.3, 0.4) is 0 Å². The number of nitrogens with zero attached hydrogens (tertiary/aromatic N) is 1. The number of amides is 2. The molecule has 148 valence electrons. The Balaban J connectivity index is 1.58. The van der Waals surface area contributed by atoms with E-state index in [9.17, 15) is 9.59 Å². The van der Waals surface area contributed by atoms with Crippen molar-refractivity contribution in [1.82, 2.24) is 0 Å². The van der Waals surface area contributed by atoms with Gasteiger partial charge in [0.05, 0.1) is 12.3 Å². The van der Waals surface area contributed by atoms with Gasteiger partial charge in [0.25, 0.3) is 5.91 Å². The summed E-state index contributed by atoms with van der Waals surface area (Å²) in [5.41, 5.74) is 2.34. The van der Waals surface area contributed by atoms with Gasteiger partial charge in [-0.25, -0.2) is 0 Å². The molecule has 2 aromatic rings. The van der Waals surface area contributed by atoms with Gasteiger partial charge in [-0.3, -0.25) is 9.59 Å². The Morgan fingerprint density at radius 1 is 1.25 bits per heavy atom. The van der Waals surface area contributed by atoms with Crippen LogP contribution in [0.2, 0.25) is 0 Å². The molecule has 1 aliphatic heterocycles. The molecule has 0 atom stereocenters. The highest BCUT2D eigenvalue weighted by Gasteiger charge is 2.25. The van der Waals surface area contributed by atoms with E-state index in [0.29, 0.717) is 30.3 Å². The molecule has 3 rings (SSSR count). The zero-order valence-electron chi connectivity index (χ0n) is 15.7. The van der Waals surface area contributed by atoms with Crippen LogP contribution in [-0.2, 0) is 9.59 Å². The number of halogens is 1. The maximum Gasteiger partial charge on any atom is 0.265 e. The van der Waals surface area contributed by atoms with Gasteiger partial charge in [-0.1, -0.05) is 18.2 Å². The fraction of sp³-hybridized carbons (Fsp3) is 0.333. The lowest BCUT2D eigenvalue weighted by molar-refractivity contribution is -0.121. The second kappa shape index (κ2) is 9.46. The molecule has 0 radical (unpaired) electrons. The van der Waals surface area contributed by atoms with Crippen LogP contribution >= 0.6 is 11.6 Å². The van der Waals surface area contributed by atoms with Crippen molar-refractivity contribution in [3.8, 4) is 11.5 Å². The number of hydrogen-bond donors (Lipinski definition) is 1. The summed E-state index contributed by atoms with van der Waals surface area (Å²) < 4.78 is 11.3. The zero-order chi connectivity index (χ0) is 19.9. The number of alkyl halides is 1. The van der Waals surface area contributed by atoms with E-state index in [1.165, 1.54) is 0 Å². The molecule has 28 heavy (non-hydrogen) atoms. The van der Waals surface area contributed by atoms with Crippen molar-refractivity contribution in [2.24, 2.45) is 0 Å². The maximum absolute atomic E-state index is 12.3. The van der Waals surface area contributed by atoms with E-state index < -0.39 is 0 Å². The molecule has 6 nitrogen and oxygen atoms in total. The summed E-state index contributed by atoms with van der Waals surface area (Å²) in [4.78, 5) is 25.5. The standard InChI is InChI=1S/C21H23ClN2O4/c1-15-6-2-3-7-18(15)27-11-5-4-10-24-17-12-16(23-20(25)13-22)8-9-19(17)28-14-21(24)26/h2-3,6-9,12H,4-5,10-11,13-14H2,1H3,(H,23,25). The molecule has 0 saturated carbocycles. The quantitative estimate of drug-likeness (QED) is 0.539. The molecule has 0 aromatic heterocycles. The summed E-state index contributed by atoms with van der Waals surface area (Å²) >= 11 is 5.54. The average Bonchev–Trinajstić information content (AvgIpc) is 2.70. The molecule has 0 spiro atoms. The number of ether oxygens (including phenoxy) is 2. The molecule has 2 aromatic carbocycles. The Bertz CT molecular complexity index is 856. The first-order chi connectivity index (χ1) is 13.6. The SMILES string of the molecule is Cc1ccccc1OCCCCN1C(=O)COc2ccc(NC(=O)CCl)cc21. The number of anilines is 2.